The van der Waals surface area contributed by atoms with Crippen LogP contribution in [0.5, 0.6) is 0 Å². The SMILES string of the molecule is Nc1nccc(C(=O)NCc2cc3c(Cl)c[nH]c3cc2F)c1Cc1ccc(Cn2ccccc2=O)cc1. The van der Waals surface area contributed by atoms with Gasteiger partial charge in [-0.1, -0.05) is 41.9 Å². The second-order valence-corrected chi connectivity index (χ2v) is 9.10. The summed E-state index contributed by atoms with van der Waals surface area (Å²) in [6.45, 7) is 0.441. The van der Waals surface area contributed by atoms with Gasteiger partial charge in [-0.2, -0.15) is 0 Å². The fourth-order valence-corrected chi connectivity index (χ4v) is 4.43. The molecular weight excluding hydrogens is 493 g/mol. The fourth-order valence-electron chi connectivity index (χ4n) is 4.22. The van der Waals surface area contributed by atoms with Gasteiger partial charge in [0.05, 0.1) is 11.6 Å². The number of carbonyl (C=O) groups is 1. The Hall–Kier alpha value is -4.43. The minimum atomic E-state index is -0.446. The molecular formula is C28H23ClFN5O2. The van der Waals surface area contributed by atoms with Crippen molar-refractivity contribution in [3.8, 4) is 0 Å². The van der Waals surface area contributed by atoms with Gasteiger partial charge in [0.25, 0.3) is 11.5 Å². The molecule has 0 spiro atoms. The number of H-pyrrole nitrogens is 1. The summed E-state index contributed by atoms with van der Waals surface area (Å²) in [6.07, 6.45) is 5.19. The average molecular weight is 516 g/mol. The van der Waals surface area contributed by atoms with Crippen molar-refractivity contribution in [1.29, 1.82) is 0 Å². The Labute approximate surface area is 216 Å². The summed E-state index contributed by atoms with van der Waals surface area (Å²) < 4.78 is 16.2. The van der Waals surface area contributed by atoms with Crippen LogP contribution in [-0.2, 0) is 19.5 Å². The van der Waals surface area contributed by atoms with Crippen molar-refractivity contribution < 1.29 is 9.18 Å². The molecule has 2 aromatic carbocycles. The summed E-state index contributed by atoms with van der Waals surface area (Å²) in [4.78, 5) is 32.1. The lowest BCUT2D eigenvalue weighted by Crippen LogP contribution is -2.25. The number of benzene rings is 2. The van der Waals surface area contributed by atoms with E-state index in [1.807, 2.05) is 30.3 Å². The maximum atomic E-state index is 14.5. The molecule has 3 heterocycles. The second kappa shape index (κ2) is 10.3. The molecule has 9 heteroatoms. The van der Waals surface area contributed by atoms with Crippen LogP contribution in [-0.4, -0.2) is 20.4 Å². The van der Waals surface area contributed by atoms with Gasteiger partial charge in [0, 0.05) is 65.2 Å². The standard InChI is InChI=1S/C28H23ClFN5O2/c29-23-15-33-25-13-24(30)19(12-22(23)25)14-34-28(37)20-8-9-32-27(31)21(20)11-17-4-6-18(7-5-17)16-35-10-2-1-3-26(35)36/h1-10,12-13,15,33H,11,14,16H2,(H2,31,32)(H,34,37). The number of nitrogen functional groups attached to an aromatic ring is 1. The first-order valence-electron chi connectivity index (χ1n) is 11.6. The molecule has 0 atom stereocenters. The number of fused-ring (bicyclic) bond motifs is 1. The largest absolute Gasteiger partial charge is 0.383 e. The molecule has 7 nitrogen and oxygen atoms in total. The van der Waals surface area contributed by atoms with Gasteiger partial charge < -0.3 is 20.6 Å². The number of carbonyl (C=O) groups excluding carboxylic acids is 1. The number of amides is 1. The Bertz CT molecular complexity index is 1660. The molecule has 0 aliphatic carbocycles. The van der Waals surface area contributed by atoms with Crippen molar-refractivity contribution >= 4 is 34.2 Å². The third-order valence-corrected chi connectivity index (χ3v) is 6.54. The van der Waals surface area contributed by atoms with Gasteiger partial charge in [0.2, 0.25) is 0 Å². The number of rotatable bonds is 7. The van der Waals surface area contributed by atoms with Crippen LogP contribution >= 0.6 is 11.6 Å². The first-order valence-corrected chi connectivity index (χ1v) is 12.0. The maximum Gasteiger partial charge on any atom is 0.252 e. The molecule has 5 rings (SSSR count). The van der Waals surface area contributed by atoms with Crippen LogP contribution in [0.15, 0.2) is 84.0 Å². The number of aromatic amines is 1. The zero-order chi connectivity index (χ0) is 25.9. The van der Waals surface area contributed by atoms with Crippen molar-refractivity contribution in [2.24, 2.45) is 0 Å². The first kappa shape index (κ1) is 24.3. The summed E-state index contributed by atoms with van der Waals surface area (Å²) in [5, 5.41) is 3.94. The number of nitrogens with two attached hydrogens (primary N) is 1. The van der Waals surface area contributed by atoms with E-state index in [1.54, 1.807) is 35.2 Å². The van der Waals surface area contributed by atoms with E-state index in [9.17, 15) is 14.0 Å². The maximum absolute atomic E-state index is 14.5. The number of halogens is 2. The lowest BCUT2D eigenvalue weighted by Gasteiger charge is -2.13. The molecule has 0 aliphatic heterocycles. The molecule has 0 saturated carbocycles. The van der Waals surface area contributed by atoms with E-state index in [0.717, 1.165) is 11.1 Å². The van der Waals surface area contributed by atoms with Crippen LogP contribution in [0.3, 0.4) is 0 Å². The van der Waals surface area contributed by atoms with Gasteiger partial charge in [-0.15, -0.1) is 0 Å². The Morgan fingerprint density at radius 2 is 1.89 bits per heavy atom. The van der Waals surface area contributed by atoms with Crippen molar-refractivity contribution in [3.05, 3.63) is 128 Å². The Balaban J connectivity index is 1.32. The van der Waals surface area contributed by atoms with Gasteiger partial charge in [-0.3, -0.25) is 9.59 Å². The highest BCUT2D eigenvalue weighted by atomic mass is 35.5. The van der Waals surface area contributed by atoms with Crippen molar-refractivity contribution in [3.63, 3.8) is 0 Å². The Morgan fingerprint density at radius 3 is 2.68 bits per heavy atom. The molecule has 0 radical (unpaired) electrons. The summed E-state index contributed by atoms with van der Waals surface area (Å²) in [6, 6.07) is 17.4. The number of nitrogens with zero attached hydrogens (tertiary/aromatic N) is 2. The summed E-state index contributed by atoms with van der Waals surface area (Å²) in [5.41, 5.74) is 9.83. The molecule has 0 aliphatic rings. The van der Waals surface area contributed by atoms with Gasteiger partial charge in [0.15, 0.2) is 0 Å². The van der Waals surface area contributed by atoms with Crippen LogP contribution in [0, 0.1) is 5.82 Å². The molecule has 1 amide bonds. The molecule has 0 bridgehead atoms. The predicted octanol–water partition coefficient (Wildman–Crippen LogP) is 4.67. The molecule has 0 saturated heterocycles. The van der Waals surface area contributed by atoms with E-state index in [0.29, 0.717) is 45.6 Å². The van der Waals surface area contributed by atoms with E-state index in [4.69, 9.17) is 17.3 Å². The quantitative estimate of drug-likeness (QED) is 0.293. The highest BCUT2D eigenvalue weighted by Gasteiger charge is 2.17. The van der Waals surface area contributed by atoms with Gasteiger partial charge in [-0.25, -0.2) is 9.37 Å². The van der Waals surface area contributed by atoms with Crippen molar-refractivity contribution in [1.82, 2.24) is 19.9 Å². The molecule has 186 valence electrons. The van der Waals surface area contributed by atoms with Crippen molar-refractivity contribution in [2.45, 2.75) is 19.5 Å². The molecule has 5 aromatic rings. The highest BCUT2D eigenvalue weighted by Crippen LogP contribution is 2.26. The summed E-state index contributed by atoms with van der Waals surface area (Å²) >= 11 is 6.15. The smallest absolute Gasteiger partial charge is 0.252 e. The average Bonchev–Trinajstić information content (AvgIpc) is 3.25. The third-order valence-electron chi connectivity index (χ3n) is 6.23. The number of hydrogen-bond acceptors (Lipinski definition) is 4. The van der Waals surface area contributed by atoms with Crippen LogP contribution in [0.4, 0.5) is 10.2 Å². The van der Waals surface area contributed by atoms with E-state index in [1.165, 1.54) is 18.3 Å². The Morgan fingerprint density at radius 1 is 1.11 bits per heavy atom. The van der Waals surface area contributed by atoms with E-state index in [2.05, 4.69) is 15.3 Å². The van der Waals surface area contributed by atoms with Crippen LogP contribution in [0.2, 0.25) is 5.02 Å². The number of hydrogen-bond donors (Lipinski definition) is 3. The zero-order valence-electron chi connectivity index (χ0n) is 19.7. The van der Waals surface area contributed by atoms with E-state index >= 15 is 0 Å². The number of anilines is 1. The summed E-state index contributed by atoms with van der Waals surface area (Å²) in [7, 11) is 0. The number of aromatic nitrogens is 3. The minimum Gasteiger partial charge on any atom is -0.383 e. The third kappa shape index (κ3) is 5.24. The van der Waals surface area contributed by atoms with Crippen LogP contribution in [0.1, 0.15) is 32.6 Å². The minimum absolute atomic E-state index is 0.0165. The lowest BCUT2D eigenvalue weighted by atomic mass is 9.99. The van der Waals surface area contributed by atoms with E-state index < -0.39 is 5.82 Å². The molecule has 0 unspecified atom stereocenters. The van der Waals surface area contributed by atoms with E-state index in [-0.39, 0.29) is 23.8 Å². The van der Waals surface area contributed by atoms with Crippen LogP contribution in [0.25, 0.3) is 10.9 Å². The van der Waals surface area contributed by atoms with Crippen LogP contribution < -0.4 is 16.6 Å². The molecule has 3 aromatic heterocycles. The predicted molar refractivity (Wildman–Crippen MR) is 142 cm³/mol. The highest BCUT2D eigenvalue weighted by molar-refractivity contribution is 6.35. The molecule has 37 heavy (non-hydrogen) atoms. The fraction of sp³-hybridized carbons (Fsp3) is 0.107. The summed E-state index contributed by atoms with van der Waals surface area (Å²) in [5.74, 6) is -0.582. The second-order valence-electron chi connectivity index (χ2n) is 8.69. The monoisotopic (exact) mass is 515 g/mol. The van der Waals surface area contributed by atoms with Gasteiger partial charge in [-0.05, 0) is 35.4 Å². The lowest BCUT2D eigenvalue weighted by molar-refractivity contribution is 0.0949. The molecule has 0 fully saturated rings. The normalized spacial score (nSPS) is 11.1. The van der Waals surface area contributed by atoms with Gasteiger partial charge >= 0.3 is 0 Å². The Kier molecular flexibility index (Phi) is 6.74. The first-order chi connectivity index (χ1) is 17.9. The van der Waals surface area contributed by atoms with Crippen molar-refractivity contribution in [2.75, 3.05) is 5.73 Å². The number of pyridine rings is 2. The topological polar surface area (TPSA) is 106 Å². The van der Waals surface area contributed by atoms with Gasteiger partial charge in [0.1, 0.15) is 11.6 Å². The zero-order valence-corrected chi connectivity index (χ0v) is 20.4. The number of nitrogens with one attached hydrogen (secondary N) is 2. The molecule has 4 N–H and O–H groups in total.